The van der Waals surface area contributed by atoms with E-state index >= 15 is 0 Å². The number of hydrogen-bond donors (Lipinski definition) is 1. The van der Waals surface area contributed by atoms with E-state index in [2.05, 4.69) is 0 Å². The van der Waals surface area contributed by atoms with Crippen molar-refractivity contribution in [3.05, 3.63) is 58.7 Å². The summed E-state index contributed by atoms with van der Waals surface area (Å²) in [6.45, 7) is 11.5. The molecule has 1 aromatic rings. The molecule has 33 heavy (non-hydrogen) atoms. The number of allylic oxidation sites excluding steroid dienone is 4. The van der Waals surface area contributed by atoms with E-state index in [9.17, 15) is 14.7 Å². The van der Waals surface area contributed by atoms with E-state index in [4.69, 9.17) is 9.47 Å². The van der Waals surface area contributed by atoms with E-state index in [0.29, 0.717) is 19.3 Å². The lowest BCUT2D eigenvalue weighted by molar-refractivity contribution is -0.157. The smallest absolute Gasteiger partial charge is 0.186 e. The molecule has 0 radical (unpaired) electrons. The number of aromatic hydroxyl groups is 1. The molecule has 1 atom stereocenters. The zero-order valence-corrected chi connectivity index (χ0v) is 21.1. The van der Waals surface area contributed by atoms with Gasteiger partial charge in [-0.15, -0.1) is 0 Å². The van der Waals surface area contributed by atoms with Crippen LogP contribution in [0.15, 0.2) is 47.6 Å². The van der Waals surface area contributed by atoms with Crippen LogP contribution in [0.4, 0.5) is 0 Å². The van der Waals surface area contributed by atoms with Crippen LogP contribution in [0, 0.1) is 6.92 Å². The number of methoxy groups -OCH3 is 1. The Bertz CT molecular complexity index is 980. The van der Waals surface area contributed by atoms with Crippen LogP contribution in [0.25, 0.3) is 0 Å². The fourth-order valence-corrected chi connectivity index (χ4v) is 4.30. The number of carbonyl (C=O) groups is 2. The highest BCUT2D eigenvalue weighted by Crippen LogP contribution is 2.32. The molecular formula is C28H38O5. The molecule has 0 aliphatic carbocycles. The minimum Gasteiger partial charge on any atom is -0.508 e. The van der Waals surface area contributed by atoms with Crippen molar-refractivity contribution in [2.45, 2.75) is 84.8 Å². The highest BCUT2D eigenvalue weighted by molar-refractivity contribution is 5.97. The topological polar surface area (TPSA) is 72.8 Å². The summed E-state index contributed by atoms with van der Waals surface area (Å²) in [5, 5.41) is 9.87. The Morgan fingerprint density at radius 1 is 1.18 bits per heavy atom. The average Bonchev–Trinajstić information content (AvgIpc) is 2.68. The second kappa shape index (κ2) is 11.0. The van der Waals surface area contributed by atoms with Crippen LogP contribution in [0.1, 0.15) is 71.4 Å². The molecule has 1 heterocycles. The molecule has 0 saturated heterocycles. The van der Waals surface area contributed by atoms with Gasteiger partial charge in [-0.2, -0.15) is 0 Å². The Labute approximate surface area is 198 Å². The standard InChI is InChI=1S/C28H38O5/c1-19(9-8-13-28(6)25(31)12-14-27(4,5)33-28)15-23(29)16-20(2)10-11-22-18-24(30)17-21(3)26(22)32-7/h10,12,14-15,17-18,30H,8-9,11,13,16H2,1-7H3/b19-15+,20-10+. The van der Waals surface area contributed by atoms with Gasteiger partial charge in [0.1, 0.15) is 17.1 Å². The maximum absolute atomic E-state index is 12.5. The van der Waals surface area contributed by atoms with Crippen molar-refractivity contribution in [3.8, 4) is 11.5 Å². The highest BCUT2D eigenvalue weighted by atomic mass is 16.5. The van der Waals surface area contributed by atoms with Gasteiger partial charge in [0.05, 0.1) is 12.7 Å². The van der Waals surface area contributed by atoms with Gasteiger partial charge in [0, 0.05) is 12.0 Å². The zero-order chi connectivity index (χ0) is 24.8. The minimum atomic E-state index is -0.812. The summed E-state index contributed by atoms with van der Waals surface area (Å²) in [6, 6.07) is 3.36. The van der Waals surface area contributed by atoms with Crippen LogP contribution in [0.3, 0.4) is 0 Å². The Morgan fingerprint density at radius 2 is 1.88 bits per heavy atom. The van der Waals surface area contributed by atoms with Gasteiger partial charge in [-0.05, 0) is 103 Å². The lowest BCUT2D eigenvalue weighted by atomic mass is 9.87. The number of ether oxygens (including phenoxy) is 2. The number of ketones is 2. The number of rotatable bonds is 10. The Hall–Kier alpha value is -2.66. The molecule has 2 rings (SSSR count). The normalized spacial score (nSPS) is 20.8. The van der Waals surface area contributed by atoms with Gasteiger partial charge in [-0.25, -0.2) is 0 Å². The first-order valence-electron chi connectivity index (χ1n) is 11.5. The van der Waals surface area contributed by atoms with Crippen LogP contribution in [-0.4, -0.2) is 35.0 Å². The second-order valence-corrected chi connectivity index (χ2v) is 9.83. The van der Waals surface area contributed by atoms with Crippen LogP contribution in [-0.2, 0) is 20.7 Å². The molecule has 0 spiro atoms. The van der Waals surface area contributed by atoms with Gasteiger partial charge in [0.25, 0.3) is 0 Å². The first-order chi connectivity index (χ1) is 15.3. The Kier molecular flexibility index (Phi) is 8.84. The highest BCUT2D eigenvalue weighted by Gasteiger charge is 2.40. The molecule has 0 saturated carbocycles. The van der Waals surface area contributed by atoms with E-state index in [-0.39, 0.29) is 17.3 Å². The minimum absolute atomic E-state index is 0.00106. The predicted octanol–water partition coefficient (Wildman–Crippen LogP) is 5.97. The Balaban J connectivity index is 1.89. The summed E-state index contributed by atoms with van der Waals surface area (Å²) in [5.74, 6) is 1.02. The molecular weight excluding hydrogens is 416 g/mol. The third-order valence-electron chi connectivity index (χ3n) is 5.94. The summed E-state index contributed by atoms with van der Waals surface area (Å²) >= 11 is 0. The predicted molar refractivity (Wildman–Crippen MR) is 132 cm³/mol. The van der Waals surface area contributed by atoms with Crippen molar-refractivity contribution in [3.63, 3.8) is 0 Å². The van der Waals surface area contributed by atoms with Crippen LogP contribution in [0.5, 0.6) is 11.5 Å². The average molecular weight is 455 g/mol. The van der Waals surface area contributed by atoms with Crippen molar-refractivity contribution in [2.75, 3.05) is 7.11 Å². The molecule has 5 nitrogen and oxygen atoms in total. The molecule has 5 heteroatoms. The van der Waals surface area contributed by atoms with Crippen LogP contribution in [0.2, 0.25) is 0 Å². The fourth-order valence-electron chi connectivity index (χ4n) is 4.30. The molecule has 0 amide bonds. The van der Waals surface area contributed by atoms with E-state index in [1.165, 1.54) is 0 Å². The van der Waals surface area contributed by atoms with E-state index in [1.54, 1.807) is 37.5 Å². The van der Waals surface area contributed by atoms with Crippen molar-refractivity contribution >= 4 is 11.6 Å². The number of carbonyl (C=O) groups excluding carboxylic acids is 2. The van der Waals surface area contributed by atoms with Gasteiger partial charge >= 0.3 is 0 Å². The molecule has 180 valence electrons. The Morgan fingerprint density at radius 3 is 2.55 bits per heavy atom. The van der Waals surface area contributed by atoms with Crippen molar-refractivity contribution in [1.29, 1.82) is 0 Å². The van der Waals surface area contributed by atoms with Gasteiger partial charge in [0.2, 0.25) is 0 Å². The van der Waals surface area contributed by atoms with E-state index in [1.807, 2.05) is 47.6 Å². The largest absolute Gasteiger partial charge is 0.508 e. The van der Waals surface area contributed by atoms with E-state index in [0.717, 1.165) is 40.9 Å². The second-order valence-electron chi connectivity index (χ2n) is 9.83. The number of aryl methyl sites for hydroxylation is 1. The molecule has 1 aliphatic rings. The SMILES string of the molecule is COc1c(C)cc(O)cc1C/C=C(\C)CC(=O)/C=C(\C)CCCC1(C)OC(C)(C)C=CC1=O. The van der Waals surface area contributed by atoms with Crippen molar-refractivity contribution in [2.24, 2.45) is 0 Å². The zero-order valence-electron chi connectivity index (χ0n) is 21.1. The molecule has 1 aliphatic heterocycles. The molecule has 0 aromatic heterocycles. The summed E-state index contributed by atoms with van der Waals surface area (Å²) in [4.78, 5) is 24.8. The van der Waals surface area contributed by atoms with Gasteiger partial charge < -0.3 is 14.6 Å². The summed E-state index contributed by atoms with van der Waals surface area (Å²) in [5.41, 5.74) is 2.47. The quantitative estimate of drug-likeness (QED) is 0.348. The summed E-state index contributed by atoms with van der Waals surface area (Å²) in [6.07, 6.45) is 10.2. The number of phenols is 1. The lowest BCUT2D eigenvalue weighted by Gasteiger charge is -2.38. The third kappa shape index (κ3) is 7.71. The number of phenolic OH excluding ortho intramolecular Hbond substituents is 1. The molecule has 1 N–H and O–H groups in total. The van der Waals surface area contributed by atoms with Crippen molar-refractivity contribution in [1.82, 2.24) is 0 Å². The van der Waals surface area contributed by atoms with Crippen LogP contribution < -0.4 is 4.74 Å². The third-order valence-corrected chi connectivity index (χ3v) is 5.94. The van der Waals surface area contributed by atoms with Crippen molar-refractivity contribution < 1.29 is 24.2 Å². The monoisotopic (exact) mass is 454 g/mol. The van der Waals surface area contributed by atoms with Crippen LogP contribution >= 0.6 is 0 Å². The van der Waals surface area contributed by atoms with Gasteiger partial charge in [-0.3, -0.25) is 9.59 Å². The summed E-state index contributed by atoms with van der Waals surface area (Å²) < 4.78 is 11.5. The molecule has 1 unspecified atom stereocenters. The van der Waals surface area contributed by atoms with E-state index < -0.39 is 11.2 Å². The number of benzene rings is 1. The first-order valence-corrected chi connectivity index (χ1v) is 11.5. The molecule has 0 fully saturated rings. The first kappa shape index (κ1) is 26.6. The van der Waals surface area contributed by atoms with Gasteiger partial charge in [-0.1, -0.05) is 17.2 Å². The molecule has 1 aromatic carbocycles. The molecule has 0 bridgehead atoms. The summed E-state index contributed by atoms with van der Waals surface area (Å²) in [7, 11) is 1.62. The number of hydrogen-bond acceptors (Lipinski definition) is 5. The lowest BCUT2D eigenvalue weighted by Crippen LogP contribution is -2.47. The fraction of sp³-hybridized carbons (Fsp3) is 0.500. The van der Waals surface area contributed by atoms with Gasteiger partial charge in [0.15, 0.2) is 11.6 Å². The maximum atomic E-state index is 12.5. The maximum Gasteiger partial charge on any atom is 0.186 e.